The predicted octanol–water partition coefficient (Wildman–Crippen LogP) is 4.30. The van der Waals surface area contributed by atoms with Gasteiger partial charge in [-0.1, -0.05) is 71.8 Å². The molecule has 5 nitrogen and oxygen atoms in total. The number of carbonyl (C=O) groups is 1. The van der Waals surface area contributed by atoms with Gasteiger partial charge >= 0.3 is 0 Å². The molecule has 0 aromatic heterocycles. The van der Waals surface area contributed by atoms with Crippen molar-refractivity contribution in [2.45, 2.75) is 44.2 Å². The van der Waals surface area contributed by atoms with E-state index in [1.807, 2.05) is 62.4 Å². The van der Waals surface area contributed by atoms with Crippen molar-refractivity contribution >= 4 is 15.9 Å². The maximum absolute atomic E-state index is 13.5. The van der Waals surface area contributed by atoms with Crippen molar-refractivity contribution in [3.8, 4) is 0 Å². The van der Waals surface area contributed by atoms with Gasteiger partial charge in [0.2, 0.25) is 15.9 Å². The molecular weight excluding hydrogens is 420 g/mol. The number of nitrogens with zero attached hydrogens (tertiary/aromatic N) is 1. The molecule has 6 heteroatoms. The Labute approximate surface area is 190 Å². The predicted molar refractivity (Wildman–Crippen MR) is 126 cm³/mol. The molecule has 0 aliphatic carbocycles. The number of carbonyl (C=O) groups excluding carboxylic acids is 1. The minimum absolute atomic E-state index is 0.0773. The lowest BCUT2D eigenvalue weighted by Crippen LogP contribution is -2.42. The van der Waals surface area contributed by atoms with E-state index in [2.05, 4.69) is 5.32 Å². The molecule has 0 fully saturated rings. The first kappa shape index (κ1) is 22.2. The zero-order valence-corrected chi connectivity index (χ0v) is 19.2. The third kappa shape index (κ3) is 4.76. The van der Waals surface area contributed by atoms with E-state index in [0.29, 0.717) is 19.5 Å². The first-order valence-corrected chi connectivity index (χ1v) is 12.3. The molecule has 1 unspecified atom stereocenters. The highest BCUT2D eigenvalue weighted by molar-refractivity contribution is 7.89. The SMILES string of the molecule is Cc1ccc(CNC(=O)CC2c3ccccc3CCN2S(=O)(=O)c2ccc(C)cc2)cc1. The molecule has 1 atom stereocenters. The van der Waals surface area contributed by atoms with Crippen LogP contribution in [0.2, 0.25) is 0 Å². The lowest BCUT2D eigenvalue weighted by Gasteiger charge is -2.36. The monoisotopic (exact) mass is 448 g/mol. The average Bonchev–Trinajstić information content (AvgIpc) is 2.79. The van der Waals surface area contributed by atoms with E-state index in [1.165, 1.54) is 4.31 Å². The Morgan fingerprint density at radius 3 is 2.25 bits per heavy atom. The third-order valence-electron chi connectivity index (χ3n) is 5.98. The highest BCUT2D eigenvalue weighted by Gasteiger charge is 2.37. The summed E-state index contributed by atoms with van der Waals surface area (Å²) in [6.45, 7) is 4.71. The van der Waals surface area contributed by atoms with Crippen LogP contribution in [0.4, 0.5) is 0 Å². The molecule has 0 bridgehead atoms. The number of sulfonamides is 1. The van der Waals surface area contributed by atoms with Crippen molar-refractivity contribution < 1.29 is 13.2 Å². The molecular formula is C26H28N2O3S. The van der Waals surface area contributed by atoms with Gasteiger partial charge in [-0.25, -0.2) is 8.42 Å². The minimum Gasteiger partial charge on any atom is -0.352 e. The van der Waals surface area contributed by atoms with Crippen molar-refractivity contribution in [3.05, 3.63) is 101 Å². The van der Waals surface area contributed by atoms with Crippen LogP contribution >= 0.6 is 0 Å². The van der Waals surface area contributed by atoms with Crippen LogP contribution in [-0.4, -0.2) is 25.2 Å². The molecule has 0 saturated carbocycles. The molecule has 1 amide bonds. The van der Waals surface area contributed by atoms with Gasteiger partial charge in [0.05, 0.1) is 10.9 Å². The summed E-state index contributed by atoms with van der Waals surface area (Å²) >= 11 is 0. The largest absolute Gasteiger partial charge is 0.352 e. The van der Waals surface area contributed by atoms with Gasteiger partial charge in [-0.15, -0.1) is 0 Å². The van der Waals surface area contributed by atoms with Crippen molar-refractivity contribution in [3.63, 3.8) is 0 Å². The summed E-state index contributed by atoms with van der Waals surface area (Å²) in [5.74, 6) is -0.170. The summed E-state index contributed by atoms with van der Waals surface area (Å²) < 4.78 is 28.5. The standard InChI is InChI=1S/C26H28N2O3S/c1-19-7-11-21(12-8-19)18-27-26(29)17-25-24-6-4-3-5-22(24)15-16-28(25)32(30,31)23-13-9-20(2)10-14-23/h3-14,25H,15-18H2,1-2H3,(H,27,29). The van der Waals surface area contributed by atoms with Gasteiger partial charge in [-0.2, -0.15) is 4.31 Å². The van der Waals surface area contributed by atoms with Gasteiger partial charge in [0.15, 0.2) is 0 Å². The van der Waals surface area contributed by atoms with Gasteiger partial charge in [0.25, 0.3) is 0 Å². The van der Waals surface area contributed by atoms with Crippen LogP contribution < -0.4 is 5.32 Å². The number of rotatable bonds is 6. The van der Waals surface area contributed by atoms with E-state index in [1.54, 1.807) is 24.3 Å². The third-order valence-corrected chi connectivity index (χ3v) is 7.90. The molecule has 1 heterocycles. The van der Waals surface area contributed by atoms with E-state index in [0.717, 1.165) is 27.8 Å². The molecule has 3 aromatic rings. The van der Waals surface area contributed by atoms with E-state index in [-0.39, 0.29) is 17.2 Å². The zero-order valence-electron chi connectivity index (χ0n) is 18.4. The fraction of sp³-hybridized carbons (Fsp3) is 0.269. The van der Waals surface area contributed by atoms with Crippen LogP contribution in [0.3, 0.4) is 0 Å². The van der Waals surface area contributed by atoms with E-state index in [9.17, 15) is 13.2 Å². The van der Waals surface area contributed by atoms with Gasteiger partial charge in [0.1, 0.15) is 0 Å². The molecule has 0 spiro atoms. The van der Waals surface area contributed by atoms with Crippen LogP contribution in [0.15, 0.2) is 77.7 Å². The van der Waals surface area contributed by atoms with Crippen molar-refractivity contribution in [1.29, 1.82) is 0 Å². The molecule has 3 aromatic carbocycles. The number of aryl methyl sites for hydroxylation is 2. The molecule has 32 heavy (non-hydrogen) atoms. The summed E-state index contributed by atoms with van der Waals surface area (Å²) in [5.41, 5.74) is 5.17. The van der Waals surface area contributed by atoms with E-state index >= 15 is 0 Å². The van der Waals surface area contributed by atoms with Crippen LogP contribution in [0.25, 0.3) is 0 Å². The average molecular weight is 449 g/mol. The number of nitrogens with one attached hydrogen (secondary N) is 1. The molecule has 1 aliphatic rings. The number of amides is 1. The lowest BCUT2D eigenvalue weighted by atomic mass is 9.92. The summed E-state index contributed by atoms with van der Waals surface area (Å²) in [6.07, 6.45) is 0.705. The Kier molecular flexibility index (Phi) is 6.44. The zero-order chi connectivity index (χ0) is 22.7. The van der Waals surface area contributed by atoms with E-state index < -0.39 is 16.1 Å². The number of benzene rings is 3. The quantitative estimate of drug-likeness (QED) is 0.612. The lowest BCUT2D eigenvalue weighted by molar-refractivity contribution is -0.122. The van der Waals surface area contributed by atoms with E-state index in [4.69, 9.17) is 0 Å². The second-order valence-corrected chi connectivity index (χ2v) is 10.3. The van der Waals surface area contributed by atoms with Gasteiger partial charge in [-0.05, 0) is 49.1 Å². The molecule has 0 radical (unpaired) electrons. The fourth-order valence-corrected chi connectivity index (χ4v) is 5.73. The maximum atomic E-state index is 13.5. The molecule has 0 saturated heterocycles. The van der Waals surface area contributed by atoms with Crippen LogP contribution in [0.5, 0.6) is 0 Å². The Morgan fingerprint density at radius 2 is 1.56 bits per heavy atom. The van der Waals surface area contributed by atoms with Crippen LogP contribution in [0, 0.1) is 13.8 Å². The smallest absolute Gasteiger partial charge is 0.243 e. The molecule has 1 N–H and O–H groups in total. The molecule has 166 valence electrons. The number of hydrogen-bond donors (Lipinski definition) is 1. The van der Waals surface area contributed by atoms with Crippen molar-refractivity contribution in [2.24, 2.45) is 0 Å². The topological polar surface area (TPSA) is 66.5 Å². The summed E-state index contributed by atoms with van der Waals surface area (Å²) in [4.78, 5) is 13.1. The molecule has 4 rings (SSSR count). The Bertz CT molecular complexity index is 1200. The van der Waals surface area contributed by atoms with Crippen LogP contribution in [-0.2, 0) is 27.8 Å². The normalized spacial score (nSPS) is 16.4. The minimum atomic E-state index is -3.73. The first-order chi connectivity index (χ1) is 15.3. The highest BCUT2D eigenvalue weighted by atomic mass is 32.2. The Balaban J connectivity index is 1.58. The van der Waals surface area contributed by atoms with Gasteiger partial charge < -0.3 is 5.32 Å². The maximum Gasteiger partial charge on any atom is 0.243 e. The highest BCUT2D eigenvalue weighted by Crippen LogP contribution is 2.36. The first-order valence-electron chi connectivity index (χ1n) is 10.8. The number of hydrogen-bond acceptors (Lipinski definition) is 3. The second kappa shape index (κ2) is 9.27. The van der Waals surface area contributed by atoms with Crippen molar-refractivity contribution in [1.82, 2.24) is 9.62 Å². The Hall–Kier alpha value is -2.96. The van der Waals surface area contributed by atoms with Gasteiger partial charge in [-0.3, -0.25) is 4.79 Å². The summed E-state index contributed by atoms with van der Waals surface area (Å²) in [5, 5.41) is 2.96. The van der Waals surface area contributed by atoms with Gasteiger partial charge in [0, 0.05) is 19.5 Å². The number of fused-ring (bicyclic) bond motifs is 1. The fourth-order valence-electron chi connectivity index (χ4n) is 4.13. The summed E-state index contributed by atoms with van der Waals surface area (Å²) in [6, 6.07) is 22.1. The summed E-state index contributed by atoms with van der Waals surface area (Å²) in [7, 11) is -3.73. The second-order valence-electron chi connectivity index (χ2n) is 8.36. The van der Waals surface area contributed by atoms with Crippen LogP contribution in [0.1, 0.15) is 40.3 Å². The van der Waals surface area contributed by atoms with Crippen molar-refractivity contribution in [2.75, 3.05) is 6.54 Å². The Morgan fingerprint density at radius 1 is 0.938 bits per heavy atom. The molecule has 1 aliphatic heterocycles.